The second kappa shape index (κ2) is 14.8. The molecule has 0 fully saturated rings. The van der Waals surface area contributed by atoms with Gasteiger partial charge >= 0.3 is 0 Å². The number of fused-ring (bicyclic) bond motifs is 4. The van der Waals surface area contributed by atoms with Crippen LogP contribution in [0.2, 0.25) is 0 Å². The standard InChI is InChI=1S/C48H44N8/c1-5-53-25-13-9-17-40(53)38-31-37-30-35-22-21-33(49-35)29-34-23-24-36(50-34)32-39-44(41-18-10-14-26-54(41)6-2)45(42-19-11-15-27-55(42)7-3)48(52-39)46(47(38)51-37)43-20-12-16-28-56(43)8-4/h9-32H,5-8H2,1-4H3/q+4. The molecule has 0 spiro atoms. The largest absolute Gasteiger partial charge is 0.249 e. The van der Waals surface area contributed by atoms with Crippen molar-refractivity contribution in [3.63, 3.8) is 0 Å². The summed E-state index contributed by atoms with van der Waals surface area (Å²) in [4.78, 5) is 21.4. The third-order valence-electron chi connectivity index (χ3n) is 10.6. The first-order valence-corrected chi connectivity index (χ1v) is 19.6. The summed E-state index contributed by atoms with van der Waals surface area (Å²) in [6.45, 7) is 11.9. The lowest BCUT2D eigenvalue weighted by Crippen LogP contribution is -2.40. The average molecular weight is 733 g/mol. The molecule has 8 heteroatoms. The van der Waals surface area contributed by atoms with Gasteiger partial charge in [0.2, 0.25) is 22.8 Å². The molecule has 0 N–H and O–H groups in total. The van der Waals surface area contributed by atoms with Gasteiger partial charge in [0.15, 0.2) is 24.8 Å². The molecule has 5 aliphatic heterocycles. The Labute approximate surface area is 328 Å². The van der Waals surface area contributed by atoms with E-state index in [9.17, 15) is 0 Å². The van der Waals surface area contributed by atoms with Crippen molar-refractivity contribution >= 4 is 45.1 Å². The molecule has 272 valence electrons. The fourth-order valence-corrected chi connectivity index (χ4v) is 8.01. The van der Waals surface area contributed by atoms with Crippen LogP contribution in [0.5, 0.6) is 0 Å². The lowest BCUT2D eigenvalue weighted by Gasteiger charge is -2.14. The third-order valence-corrected chi connectivity index (χ3v) is 10.6. The Bertz CT molecular complexity index is 2720. The maximum Gasteiger partial charge on any atom is 0.216 e. The summed E-state index contributed by atoms with van der Waals surface area (Å²) >= 11 is 0. The van der Waals surface area contributed by atoms with Gasteiger partial charge in [-0.1, -0.05) is 0 Å². The van der Waals surface area contributed by atoms with Crippen LogP contribution in [0.1, 0.15) is 50.5 Å². The van der Waals surface area contributed by atoms with Crippen molar-refractivity contribution < 1.29 is 18.3 Å². The zero-order chi connectivity index (χ0) is 38.2. The van der Waals surface area contributed by atoms with Gasteiger partial charge in [0.05, 0.1) is 67.9 Å². The molecular weight excluding hydrogens is 689 g/mol. The van der Waals surface area contributed by atoms with E-state index in [1.54, 1.807) is 0 Å². The molecule has 0 amide bonds. The molecule has 56 heavy (non-hydrogen) atoms. The second-order valence-corrected chi connectivity index (χ2v) is 13.9. The highest BCUT2D eigenvalue weighted by atomic mass is 15.0. The summed E-state index contributed by atoms with van der Waals surface area (Å²) < 4.78 is 9.21. The lowest BCUT2D eigenvalue weighted by atomic mass is 9.89. The number of hydrogen-bond acceptors (Lipinski definition) is 4. The Balaban J connectivity index is 1.48. The molecule has 8 nitrogen and oxygen atoms in total. The minimum atomic E-state index is 0.766. The topological polar surface area (TPSA) is 65.0 Å². The van der Waals surface area contributed by atoms with E-state index in [2.05, 4.69) is 174 Å². The van der Waals surface area contributed by atoms with Gasteiger partial charge in [0.1, 0.15) is 26.2 Å². The van der Waals surface area contributed by atoms with Crippen molar-refractivity contribution in [1.29, 1.82) is 0 Å². The number of rotatable bonds is 8. The van der Waals surface area contributed by atoms with E-state index in [0.29, 0.717) is 0 Å². The quantitative estimate of drug-likeness (QED) is 0.177. The van der Waals surface area contributed by atoms with Gasteiger partial charge in [-0.15, -0.1) is 0 Å². The summed E-state index contributed by atoms with van der Waals surface area (Å²) in [7, 11) is 0. The van der Waals surface area contributed by atoms with E-state index in [1.807, 2.05) is 18.2 Å². The summed E-state index contributed by atoms with van der Waals surface area (Å²) in [5.74, 6) is 0. The van der Waals surface area contributed by atoms with Gasteiger partial charge in [-0.05, 0) is 101 Å². The van der Waals surface area contributed by atoms with Gasteiger partial charge in [0.25, 0.3) is 0 Å². The fraction of sp³-hybridized carbons (Fsp3) is 0.167. The van der Waals surface area contributed by atoms with Crippen molar-refractivity contribution in [3.8, 4) is 0 Å². The Kier molecular flexibility index (Phi) is 9.23. The Morgan fingerprint density at radius 3 is 1.43 bits per heavy atom. The van der Waals surface area contributed by atoms with Gasteiger partial charge in [0, 0.05) is 48.5 Å². The Morgan fingerprint density at radius 2 is 0.875 bits per heavy atom. The number of allylic oxidation sites excluding steroid dienone is 12. The van der Waals surface area contributed by atoms with Crippen LogP contribution in [-0.4, -0.2) is 22.8 Å². The number of aromatic nitrogens is 4. The summed E-state index contributed by atoms with van der Waals surface area (Å²) in [6.07, 6.45) is 25.3. The van der Waals surface area contributed by atoms with Crippen molar-refractivity contribution in [2.24, 2.45) is 20.0 Å². The molecule has 8 bridgehead atoms. The van der Waals surface area contributed by atoms with Gasteiger partial charge in [-0.25, -0.2) is 20.0 Å². The summed E-state index contributed by atoms with van der Waals surface area (Å²) in [6, 6.07) is 25.7. The maximum atomic E-state index is 5.78. The van der Waals surface area contributed by atoms with Crippen molar-refractivity contribution in [1.82, 2.24) is 0 Å². The molecule has 0 unspecified atom stereocenters. The van der Waals surface area contributed by atoms with Crippen LogP contribution in [0.3, 0.4) is 0 Å². The molecule has 0 radical (unpaired) electrons. The first-order valence-electron chi connectivity index (χ1n) is 19.6. The third kappa shape index (κ3) is 6.23. The minimum absolute atomic E-state index is 0.766. The lowest BCUT2D eigenvalue weighted by molar-refractivity contribution is -0.697. The molecule has 0 saturated carbocycles. The molecule has 4 aromatic heterocycles. The molecular formula is C48H44N8+4. The van der Waals surface area contributed by atoms with E-state index in [-0.39, 0.29) is 0 Å². The number of aryl methyl sites for hydroxylation is 4. The van der Waals surface area contributed by atoms with Gasteiger partial charge in [-0.3, -0.25) is 0 Å². The predicted molar refractivity (Wildman–Crippen MR) is 223 cm³/mol. The molecule has 0 saturated heterocycles. The number of pyridine rings is 4. The predicted octanol–water partition coefficient (Wildman–Crippen LogP) is 6.92. The highest BCUT2D eigenvalue weighted by Gasteiger charge is 2.41. The molecule has 0 aliphatic carbocycles. The second-order valence-electron chi connectivity index (χ2n) is 13.9. The van der Waals surface area contributed by atoms with Crippen molar-refractivity contribution in [2.75, 3.05) is 0 Å². The summed E-state index contributed by atoms with van der Waals surface area (Å²) in [5.41, 5.74) is 15.2. The van der Waals surface area contributed by atoms with Gasteiger partial charge in [-0.2, -0.15) is 18.3 Å². The zero-order valence-electron chi connectivity index (χ0n) is 32.3. The number of nitrogens with zero attached hydrogens (tertiary/aromatic N) is 8. The van der Waals surface area contributed by atoms with E-state index in [4.69, 9.17) is 20.0 Å². The van der Waals surface area contributed by atoms with E-state index >= 15 is 0 Å². The number of aliphatic imine (C=N–C) groups is 4. The monoisotopic (exact) mass is 732 g/mol. The smallest absolute Gasteiger partial charge is 0.216 e. The SMILES string of the molecule is CC[n+]1ccccc1C1=CC2=CC3=NC(=CC4=NC(=CC5=NC(=C(c6cccc[n+]6CC)C1=N2)C(c1cccc[n+]1CC)=C5c1cccc[n+]1CC)C=C4)C=C3. The van der Waals surface area contributed by atoms with Crippen LogP contribution in [0, 0.1) is 0 Å². The van der Waals surface area contributed by atoms with E-state index in [1.165, 1.54) is 0 Å². The molecule has 0 aromatic carbocycles. The first-order chi connectivity index (χ1) is 27.6. The van der Waals surface area contributed by atoms with Crippen molar-refractivity contribution in [2.45, 2.75) is 53.9 Å². The van der Waals surface area contributed by atoms with Gasteiger partial charge < -0.3 is 0 Å². The Morgan fingerprint density at radius 1 is 0.411 bits per heavy atom. The summed E-state index contributed by atoms with van der Waals surface area (Å²) in [5, 5.41) is 0. The fourth-order valence-electron chi connectivity index (χ4n) is 8.01. The number of hydrogen-bond donors (Lipinski definition) is 0. The van der Waals surface area contributed by atoms with Crippen LogP contribution in [0.25, 0.3) is 22.3 Å². The average Bonchev–Trinajstić information content (AvgIpc) is 4.05. The normalized spacial score (nSPS) is 17.1. The molecule has 9 rings (SSSR count). The maximum absolute atomic E-state index is 5.78. The minimum Gasteiger partial charge on any atom is -0.249 e. The molecule has 9 heterocycles. The van der Waals surface area contributed by atoms with E-state index in [0.717, 1.165) is 117 Å². The van der Waals surface area contributed by atoms with Crippen LogP contribution >= 0.6 is 0 Å². The highest BCUT2D eigenvalue weighted by Crippen LogP contribution is 2.44. The van der Waals surface area contributed by atoms with Crippen LogP contribution in [0.15, 0.2) is 189 Å². The molecule has 0 atom stereocenters. The molecule has 4 aromatic rings. The Hall–Kier alpha value is -6.80. The first kappa shape index (κ1) is 34.9. The van der Waals surface area contributed by atoms with Crippen molar-refractivity contribution in [3.05, 3.63) is 192 Å². The van der Waals surface area contributed by atoms with Crippen LogP contribution in [-0.2, 0) is 26.2 Å². The highest BCUT2D eigenvalue weighted by molar-refractivity contribution is 6.49. The zero-order valence-corrected chi connectivity index (χ0v) is 32.3. The van der Waals surface area contributed by atoms with E-state index < -0.39 is 0 Å². The molecule has 5 aliphatic rings. The van der Waals surface area contributed by atoms with Crippen LogP contribution < -0.4 is 18.3 Å². The van der Waals surface area contributed by atoms with Crippen LogP contribution in [0.4, 0.5) is 0 Å².